The van der Waals surface area contributed by atoms with Crippen LogP contribution in [-0.4, -0.2) is 35.3 Å². The number of piperidine rings is 1. The van der Waals surface area contributed by atoms with Crippen molar-refractivity contribution in [2.75, 3.05) is 13.1 Å². The van der Waals surface area contributed by atoms with Crippen molar-refractivity contribution in [2.24, 2.45) is 11.8 Å². The van der Waals surface area contributed by atoms with E-state index >= 15 is 0 Å². The Kier molecular flexibility index (Phi) is 5.82. The fourth-order valence-electron chi connectivity index (χ4n) is 4.10. The number of hydrogen-bond donors (Lipinski definition) is 1. The van der Waals surface area contributed by atoms with Crippen LogP contribution in [0.3, 0.4) is 0 Å². The van der Waals surface area contributed by atoms with Crippen molar-refractivity contribution in [1.82, 2.24) is 10.2 Å². The lowest BCUT2D eigenvalue weighted by atomic mass is 9.78. The highest BCUT2D eigenvalue weighted by molar-refractivity contribution is 5.94. The third-order valence-corrected chi connectivity index (χ3v) is 6.12. The van der Waals surface area contributed by atoms with E-state index in [2.05, 4.69) is 19.2 Å². The third kappa shape index (κ3) is 4.66. The minimum atomic E-state index is -0.848. The summed E-state index contributed by atoms with van der Waals surface area (Å²) in [6, 6.07) is 2.98. The number of nitrogens with zero attached hydrogens (tertiary/aromatic N) is 1. The first kappa shape index (κ1) is 19.8. The molecule has 0 atom stereocenters. The van der Waals surface area contributed by atoms with Crippen molar-refractivity contribution in [3.05, 3.63) is 35.4 Å². The maximum absolute atomic E-state index is 13.8. The molecule has 2 fully saturated rings. The highest BCUT2D eigenvalue weighted by Gasteiger charge is 2.35. The molecule has 2 aliphatic rings. The minimum absolute atomic E-state index is 0.0621. The number of halogens is 2. The Morgan fingerprint density at radius 3 is 2.33 bits per heavy atom. The molecule has 1 aliphatic heterocycles. The molecule has 148 valence electrons. The normalized spacial score (nSPS) is 26.7. The van der Waals surface area contributed by atoms with Crippen molar-refractivity contribution < 1.29 is 18.4 Å². The Morgan fingerprint density at radius 2 is 1.74 bits per heavy atom. The highest BCUT2D eigenvalue weighted by Crippen LogP contribution is 2.32. The molecule has 0 unspecified atom stereocenters. The van der Waals surface area contributed by atoms with Gasteiger partial charge in [-0.05, 0) is 63.5 Å². The van der Waals surface area contributed by atoms with Crippen LogP contribution in [0, 0.1) is 23.5 Å². The standard InChI is InChI=1S/C21H28F2N2O2/c1-14-5-9-21(2,10-6-14)24-19(26)15-7-11-25(12-8-15)20(27)17-4-3-16(22)13-18(17)23/h3-4,13-15H,5-12H2,1-2H3,(H,24,26). The maximum atomic E-state index is 13.8. The third-order valence-electron chi connectivity index (χ3n) is 6.12. The van der Waals surface area contributed by atoms with E-state index in [1.165, 1.54) is 6.07 Å². The van der Waals surface area contributed by atoms with Crippen LogP contribution in [0.4, 0.5) is 8.78 Å². The molecule has 0 bridgehead atoms. The van der Waals surface area contributed by atoms with Crippen LogP contribution in [0.5, 0.6) is 0 Å². The van der Waals surface area contributed by atoms with Gasteiger partial charge in [-0.25, -0.2) is 8.78 Å². The lowest BCUT2D eigenvalue weighted by Gasteiger charge is -2.39. The summed E-state index contributed by atoms with van der Waals surface area (Å²) in [5, 5.41) is 3.23. The number of carbonyl (C=O) groups is 2. The van der Waals surface area contributed by atoms with Crippen LogP contribution in [0.2, 0.25) is 0 Å². The second-order valence-electron chi connectivity index (χ2n) is 8.42. The van der Waals surface area contributed by atoms with Gasteiger partial charge in [0.15, 0.2) is 0 Å². The summed E-state index contributed by atoms with van der Waals surface area (Å²) in [4.78, 5) is 26.7. The zero-order valence-corrected chi connectivity index (χ0v) is 16.1. The van der Waals surface area contributed by atoms with E-state index in [4.69, 9.17) is 0 Å². The molecule has 1 aromatic rings. The quantitative estimate of drug-likeness (QED) is 0.867. The molecule has 2 amide bonds. The van der Waals surface area contributed by atoms with Crippen LogP contribution in [0.1, 0.15) is 62.7 Å². The Labute approximate surface area is 159 Å². The van der Waals surface area contributed by atoms with Crippen molar-refractivity contribution in [2.45, 2.75) is 57.9 Å². The molecule has 1 N–H and O–H groups in total. The van der Waals surface area contributed by atoms with Crippen molar-refractivity contribution >= 4 is 11.8 Å². The number of likely N-dealkylation sites (tertiary alicyclic amines) is 1. The molecule has 1 saturated carbocycles. The zero-order chi connectivity index (χ0) is 19.6. The fraction of sp³-hybridized carbons (Fsp3) is 0.619. The van der Waals surface area contributed by atoms with E-state index in [-0.39, 0.29) is 22.9 Å². The number of hydrogen-bond acceptors (Lipinski definition) is 2. The first-order valence-corrected chi connectivity index (χ1v) is 9.84. The Bertz CT molecular complexity index is 706. The summed E-state index contributed by atoms with van der Waals surface area (Å²) in [6.45, 7) is 5.17. The predicted molar refractivity (Wildman–Crippen MR) is 99.2 cm³/mol. The van der Waals surface area contributed by atoms with Gasteiger partial charge in [-0.2, -0.15) is 0 Å². The number of carbonyl (C=O) groups excluding carboxylic acids is 2. The number of rotatable bonds is 3. The summed E-state index contributed by atoms with van der Waals surface area (Å²) >= 11 is 0. The first-order chi connectivity index (χ1) is 12.8. The van der Waals surface area contributed by atoms with Crippen molar-refractivity contribution in [1.29, 1.82) is 0 Å². The summed E-state index contributed by atoms with van der Waals surface area (Å²) < 4.78 is 26.9. The first-order valence-electron chi connectivity index (χ1n) is 9.84. The number of benzene rings is 1. The van der Waals surface area contributed by atoms with Crippen molar-refractivity contribution in [3.63, 3.8) is 0 Å². The largest absolute Gasteiger partial charge is 0.351 e. The lowest BCUT2D eigenvalue weighted by Crippen LogP contribution is -2.52. The molecule has 1 aliphatic carbocycles. The van der Waals surface area contributed by atoms with E-state index < -0.39 is 17.5 Å². The van der Waals surface area contributed by atoms with Crippen LogP contribution in [0.25, 0.3) is 0 Å². The van der Waals surface area contributed by atoms with Gasteiger partial charge in [0.2, 0.25) is 5.91 Å². The summed E-state index contributed by atoms with van der Waals surface area (Å²) in [5.74, 6) is -1.34. The van der Waals surface area contributed by atoms with Gasteiger partial charge in [0.25, 0.3) is 5.91 Å². The summed E-state index contributed by atoms with van der Waals surface area (Å²) in [6.07, 6.45) is 5.39. The molecule has 3 rings (SSSR count). The monoisotopic (exact) mass is 378 g/mol. The molecule has 0 radical (unpaired) electrons. The average molecular weight is 378 g/mol. The van der Waals surface area contributed by atoms with E-state index in [1.807, 2.05) is 0 Å². The van der Waals surface area contributed by atoms with Gasteiger partial charge in [0, 0.05) is 30.6 Å². The van der Waals surface area contributed by atoms with Gasteiger partial charge in [-0.3, -0.25) is 9.59 Å². The summed E-state index contributed by atoms with van der Waals surface area (Å²) in [5.41, 5.74) is -0.253. The maximum Gasteiger partial charge on any atom is 0.256 e. The Morgan fingerprint density at radius 1 is 1.11 bits per heavy atom. The van der Waals surface area contributed by atoms with Gasteiger partial charge >= 0.3 is 0 Å². The number of amides is 2. The molecule has 1 aromatic carbocycles. The number of nitrogens with one attached hydrogen (secondary N) is 1. The van der Waals surface area contributed by atoms with E-state index in [0.717, 1.165) is 43.7 Å². The lowest BCUT2D eigenvalue weighted by molar-refractivity contribution is -0.128. The second-order valence-corrected chi connectivity index (χ2v) is 8.42. The molecule has 0 spiro atoms. The Hall–Kier alpha value is -1.98. The van der Waals surface area contributed by atoms with Gasteiger partial charge in [0.05, 0.1) is 5.56 Å². The SMILES string of the molecule is CC1CCC(C)(NC(=O)C2CCN(C(=O)c3ccc(F)cc3F)CC2)CC1. The van der Waals surface area contributed by atoms with Crippen molar-refractivity contribution in [3.8, 4) is 0 Å². The topological polar surface area (TPSA) is 49.4 Å². The molecule has 6 heteroatoms. The molecular formula is C21H28F2N2O2. The van der Waals surface area contributed by atoms with Gasteiger partial charge < -0.3 is 10.2 Å². The van der Waals surface area contributed by atoms with Crippen LogP contribution in [-0.2, 0) is 4.79 Å². The fourth-order valence-corrected chi connectivity index (χ4v) is 4.10. The van der Waals surface area contributed by atoms with Gasteiger partial charge in [-0.15, -0.1) is 0 Å². The molecule has 1 heterocycles. The van der Waals surface area contributed by atoms with E-state index in [9.17, 15) is 18.4 Å². The van der Waals surface area contributed by atoms with E-state index in [1.54, 1.807) is 4.90 Å². The molecule has 0 aromatic heterocycles. The molecule has 1 saturated heterocycles. The van der Waals surface area contributed by atoms with Crippen LogP contribution >= 0.6 is 0 Å². The highest BCUT2D eigenvalue weighted by atomic mass is 19.1. The second kappa shape index (κ2) is 7.95. The minimum Gasteiger partial charge on any atom is -0.351 e. The molecular weight excluding hydrogens is 350 g/mol. The van der Waals surface area contributed by atoms with E-state index in [0.29, 0.717) is 25.9 Å². The van der Waals surface area contributed by atoms with Crippen LogP contribution in [0.15, 0.2) is 18.2 Å². The smallest absolute Gasteiger partial charge is 0.256 e. The molecule has 27 heavy (non-hydrogen) atoms. The predicted octanol–water partition coefficient (Wildman–Crippen LogP) is 3.90. The average Bonchev–Trinajstić information content (AvgIpc) is 2.64. The van der Waals surface area contributed by atoms with Gasteiger partial charge in [-0.1, -0.05) is 6.92 Å². The Balaban J connectivity index is 1.54. The zero-order valence-electron chi connectivity index (χ0n) is 16.1. The van der Waals surface area contributed by atoms with Crippen LogP contribution < -0.4 is 5.32 Å². The molecule has 4 nitrogen and oxygen atoms in total. The van der Waals surface area contributed by atoms with Gasteiger partial charge in [0.1, 0.15) is 11.6 Å². The summed E-state index contributed by atoms with van der Waals surface area (Å²) in [7, 11) is 0.